The molecular weight excluding hydrogens is 256 g/mol. The molecule has 3 rings (SSSR count). The highest BCUT2D eigenvalue weighted by Crippen LogP contribution is 2.32. The number of morpholine rings is 1. The topological polar surface area (TPSA) is 49.9 Å². The molecule has 1 unspecified atom stereocenters. The first kappa shape index (κ1) is 13.1. The van der Waals surface area contributed by atoms with Crippen LogP contribution in [0.3, 0.4) is 0 Å². The largest absolute Gasteiger partial charge is 0.378 e. The van der Waals surface area contributed by atoms with Crippen molar-refractivity contribution in [1.82, 2.24) is 4.90 Å². The SMILES string of the molecule is CC(=O)N1c2ccccc2CC1C(=O)N1CCOCC1. The van der Waals surface area contributed by atoms with Crippen LogP contribution in [0.15, 0.2) is 24.3 Å². The van der Waals surface area contributed by atoms with Crippen molar-refractivity contribution >= 4 is 17.5 Å². The highest BCUT2D eigenvalue weighted by atomic mass is 16.5. The number of rotatable bonds is 1. The van der Waals surface area contributed by atoms with Gasteiger partial charge in [-0.15, -0.1) is 0 Å². The number of benzene rings is 1. The first-order valence-corrected chi connectivity index (χ1v) is 6.92. The van der Waals surface area contributed by atoms with Crippen LogP contribution in [-0.2, 0) is 20.7 Å². The average Bonchev–Trinajstić information content (AvgIpc) is 2.86. The van der Waals surface area contributed by atoms with Crippen LogP contribution in [0.1, 0.15) is 12.5 Å². The van der Waals surface area contributed by atoms with E-state index >= 15 is 0 Å². The van der Waals surface area contributed by atoms with Gasteiger partial charge in [-0.3, -0.25) is 14.5 Å². The van der Waals surface area contributed by atoms with Crippen LogP contribution in [0.4, 0.5) is 5.69 Å². The third-order valence-corrected chi connectivity index (χ3v) is 3.92. The number of carbonyl (C=O) groups excluding carboxylic acids is 2. The van der Waals surface area contributed by atoms with Gasteiger partial charge in [0.2, 0.25) is 11.8 Å². The number of hydrogen-bond acceptors (Lipinski definition) is 3. The molecule has 0 aliphatic carbocycles. The van der Waals surface area contributed by atoms with E-state index in [-0.39, 0.29) is 11.8 Å². The zero-order valence-electron chi connectivity index (χ0n) is 11.5. The summed E-state index contributed by atoms with van der Waals surface area (Å²) in [4.78, 5) is 28.0. The molecule has 1 fully saturated rings. The molecule has 2 amide bonds. The zero-order chi connectivity index (χ0) is 14.1. The number of carbonyl (C=O) groups is 2. The predicted octanol–water partition coefficient (Wildman–Crippen LogP) is 0.823. The molecule has 2 aliphatic heterocycles. The molecule has 0 N–H and O–H groups in total. The molecule has 2 heterocycles. The summed E-state index contributed by atoms with van der Waals surface area (Å²) < 4.78 is 5.27. The lowest BCUT2D eigenvalue weighted by Crippen LogP contribution is -2.52. The fourth-order valence-corrected chi connectivity index (χ4v) is 2.97. The lowest BCUT2D eigenvalue weighted by atomic mass is 10.1. The number of fused-ring (bicyclic) bond motifs is 1. The summed E-state index contributed by atoms with van der Waals surface area (Å²) in [5, 5.41) is 0. The predicted molar refractivity (Wildman–Crippen MR) is 74.5 cm³/mol. The standard InChI is InChI=1S/C15H18N2O3/c1-11(18)17-13-5-3-2-4-12(13)10-14(17)15(19)16-6-8-20-9-7-16/h2-5,14H,6-10H2,1H3. The van der Waals surface area contributed by atoms with Gasteiger partial charge in [-0.05, 0) is 11.6 Å². The highest BCUT2D eigenvalue weighted by Gasteiger charge is 2.38. The van der Waals surface area contributed by atoms with Crippen molar-refractivity contribution in [3.63, 3.8) is 0 Å². The zero-order valence-corrected chi connectivity index (χ0v) is 11.5. The van der Waals surface area contributed by atoms with Gasteiger partial charge in [0.1, 0.15) is 6.04 Å². The van der Waals surface area contributed by atoms with Gasteiger partial charge in [0.25, 0.3) is 0 Å². The molecule has 20 heavy (non-hydrogen) atoms. The Labute approximate surface area is 118 Å². The van der Waals surface area contributed by atoms with Gasteiger partial charge in [0.05, 0.1) is 13.2 Å². The van der Waals surface area contributed by atoms with Crippen LogP contribution in [0.2, 0.25) is 0 Å². The molecule has 1 saturated heterocycles. The van der Waals surface area contributed by atoms with Crippen LogP contribution in [-0.4, -0.2) is 49.1 Å². The second-order valence-corrected chi connectivity index (χ2v) is 5.18. The summed E-state index contributed by atoms with van der Waals surface area (Å²) >= 11 is 0. The summed E-state index contributed by atoms with van der Waals surface area (Å²) in [6.07, 6.45) is 0.603. The van der Waals surface area contributed by atoms with E-state index in [2.05, 4.69) is 0 Å². The number of para-hydroxylation sites is 1. The van der Waals surface area contributed by atoms with Crippen molar-refractivity contribution < 1.29 is 14.3 Å². The highest BCUT2D eigenvalue weighted by molar-refractivity contribution is 6.02. The molecule has 0 radical (unpaired) electrons. The minimum atomic E-state index is -0.400. The van der Waals surface area contributed by atoms with E-state index < -0.39 is 6.04 Å². The molecule has 5 heteroatoms. The molecule has 1 aromatic rings. The Morgan fingerprint density at radius 3 is 2.60 bits per heavy atom. The van der Waals surface area contributed by atoms with Gasteiger partial charge >= 0.3 is 0 Å². The van der Waals surface area contributed by atoms with Crippen LogP contribution in [0.5, 0.6) is 0 Å². The fourth-order valence-electron chi connectivity index (χ4n) is 2.97. The quantitative estimate of drug-likeness (QED) is 0.762. The van der Waals surface area contributed by atoms with Crippen molar-refractivity contribution in [2.45, 2.75) is 19.4 Å². The van der Waals surface area contributed by atoms with E-state index in [0.29, 0.717) is 32.7 Å². The molecule has 5 nitrogen and oxygen atoms in total. The molecule has 106 valence electrons. The van der Waals surface area contributed by atoms with Crippen molar-refractivity contribution in [3.05, 3.63) is 29.8 Å². The van der Waals surface area contributed by atoms with Crippen LogP contribution >= 0.6 is 0 Å². The summed E-state index contributed by atoms with van der Waals surface area (Å²) in [5.41, 5.74) is 1.93. The van der Waals surface area contributed by atoms with E-state index in [9.17, 15) is 9.59 Å². The monoisotopic (exact) mass is 274 g/mol. The van der Waals surface area contributed by atoms with E-state index in [1.807, 2.05) is 24.3 Å². The van der Waals surface area contributed by atoms with Gasteiger partial charge < -0.3 is 9.64 Å². The smallest absolute Gasteiger partial charge is 0.246 e. The van der Waals surface area contributed by atoms with E-state index in [0.717, 1.165) is 11.3 Å². The van der Waals surface area contributed by atoms with Crippen molar-refractivity contribution in [1.29, 1.82) is 0 Å². The second kappa shape index (κ2) is 5.25. The Morgan fingerprint density at radius 2 is 1.90 bits per heavy atom. The number of hydrogen-bond donors (Lipinski definition) is 0. The molecule has 0 bridgehead atoms. The van der Waals surface area contributed by atoms with Gasteiger partial charge in [-0.1, -0.05) is 18.2 Å². The van der Waals surface area contributed by atoms with Crippen LogP contribution in [0.25, 0.3) is 0 Å². The fraction of sp³-hybridized carbons (Fsp3) is 0.467. The van der Waals surface area contributed by atoms with E-state index in [1.54, 1.807) is 9.80 Å². The second-order valence-electron chi connectivity index (χ2n) is 5.18. The summed E-state index contributed by atoms with van der Waals surface area (Å²) in [5.74, 6) is -0.0544. The van der Waals surface area contributed by atoms with Gasteiger partial charge in [0.15, 0.2) is 0 Å². The molecule has 0 spiro atoms. The van der Waals surface area contributed by atoms with Crippen molar-refractivity contribution in [2.24, 2.45) is 0 Å². The lowest BCUT2D eigenvalue weighted by Gasteiger charge is -2.32. The maximum Gasteiger partial charge on any atom is 0.246 e. The maximum atomic E-state index is 12.7. The Bertz CT molecular complexity index is 538. The third kappa shape index (κ3) is 2.18. The average molecular weight is 274 g/mol. The maximum absolute atomic E-state index is 12.7. The first-order valence-electron chi connectivity index (χ1n) is 6.92. The molecule has 0 saturated carbocycles. The van der Waals surface area contributed by atoms with Gasteiger partial charge in [0, 0.05) is 32.1 Å². The summed E-state index contributed by atoms with van der Waals surface area (Å²) in [6, 6.07) is 7.33. The number of amides is 2. The van der Waals surface area contributed by atoms with E-state index in [1.165, 1.54) is 6.92 Å². The summed E-state index contributed by atoms with van der Waals surface area (Å²) in [7, 11) is 0. The molecular formula is C15H18N2O3. The Kier molecular flexibility index (Phi) is 3.44. The molecule has 0 aromatic heterocycles. The normalized spacial score (nSPS) is 21.8. The number of nitrogens with zero attached hydrogens (tertiary/aromatic N) is 2. The molecule has 2 aliphatic rings. The molecule has 1 aromatic carbocycles. The number of ether oxygens (including phenoxy) is 1. The third-order valence-electron chi connectivity index (χ3n) is 3.92. The Morgan fingerprint density at radius 1 is 1.20 bits per heavy atom. The number of anilines is 1. The lowest BCUT2D eigenvalue weighted by molar-refractivity contribution is -0.137. The van der Waals surface area contributed by atoms with Crippen molar-refractivity contribution in [2.75, 3.05) is 31.2 Å². The minimum Gasteiger partial charge on any atom is -0.378 e. The Balaban J connectivity index is 1.86. The van der Waals surface area contributed by atoms with Gasteiger partial charge in [-0.2, -0.15) is 0 Å². The van der Waals surface area contributed by atoms with Crippen LogP contribution in [0, 0.1) is 0 Å². The van der Waals surface area contributed by atoms with Crippen molar-refractivity contribution in [3.8, 4) is 0 Å². The summed E-state index contributed by atoms with van der Waals surface area (Å²) in [6.45, 7) is 3.88. The first-order chi connectivity index (χ1) is 9.68. The van der Waals surface area contributed by atoms with E-state index in [4.69, 9.17) is 4.74 Å². The van der Waals surface area contributed by atoms with Crippen LogP contribution < -0.4 is 4.90 Å². The van der Waals surface area contributed by atoms with Gasteiger partial charge in [-0.25, -0.2) is 0 Å². The molecule has 1 atom stereocenters. The Hall–Kier alpha value is -1.88. The minimum absolute atomic E-state index is 0.0275.